The summed E-state index contributed by atoms with van der Waals surface area (Å²) in [6.45, 7) is 8.98. The minimum Gasteiger partial charge on any atom is -0.368 e. The summed E-state index contributed by atoms with van der Waals surface area (Å²) in [5.74, 6) is 0.588. The van der Waals surface area contributed by atoms with Crippen molar-refractivity contribution in [2.75, 3.05) is 36.4 Å². The summed E-state index contributed by atoms with van der Waals surface area (Å²) in [6.07, 6.45) is 0. The number of amides is 1. The molecule has 1 aromatic carbocycles. The highest BCUT2D eigenvalue weighted by Gasteiger charge is 2.23. The van der Waals surface area contributed by atoms with Gasteiger partial charge in [-0.2, -0.15) is 0 Å². The fourth-order valence-electron chi connectivity index (χ4n) is 2.90. The standard InChI is InChI=1S/C19H24ClN5O/c1-19(2,3)21-17-8-7-16(22-23-17)18(26)25-11-9-24(10-12-25)15-6-4-5-14(20)13-15/h4-8,13H,9-12H2,1-3H3,(H,21,23). The number of rotatable bonds is 3. The van der Waals surface area contributed by atoms with Gasteiger partial charge in [-0.3, -0.25) is 4.79 Å². The third-order valence-electron chi connectivity index (χ3n) is 4.13. The van der Waals surface area contributed by atoms with Crippen molar-refractivity contribution in [2.45, 2.75) is 26.3 Å². The Morgan fingerprint density at radius 2 is 1.81 bits per heavy atom. The predicted octanol–water partition coefficient (Wildman–Crippen LogP) is 3.30. The lowest BCUT2D eigenvalue weighted by Gasteiger charge is -2.36. The van der Waals surface area contributed by atoms with Crippen LogP contribution < -0.4 is 10.2 Å². The van der Waals surface area contributed by atoms with Gasteiger partial charge >= 0.3 is 0 Å². The molecule has 0 atom stereocenters. The molecule has 7 heteroatoms. The SMILES string of the molecule is CC(C)(C)Nc1ccc(C(=O)N2CCN(c3cccc(Cl)c3)CC2)nn1. The van der Waals surface area contributed by atoms with Crippen molar-refractivity contribution in [1.29, 1.82) is 0 Å². The molecule has 1 aliphatic heterocycles. The van der Waals surface area contributed by atoms with Crippen molar-refractivity contribution < 1.29 is 4.79 Å². The predicted molar refractivity (Wildman–Crippen MR) is 105 cm³/mol. The van der Waals surface area contributed by atoms with Crippen LogP contribution in [0.1, 0.15) is 31.3 Å². The smallest absolute Gasteiger partial charge is 0.274 e. The zero-order valence-corrected chi connectivity index (χ0v) is 16.1. The molecule has 138 valence electrons. The summed E-state index contributed by atoms with van der Waals surface area (Å²) in [6, 6.07) is 11.3. The van der Waals surface area contributed by atoms with Gasteiger partial charge in [0, 0.05) is 42.4 Å². The number of benzene rings is 1. The normalized spacial score (nSPS) is 15.1. The van der Waals surface area contributed by atoms with E-state index in [1.807, 2.05) is 49.9 Å². The van der Waals surface area contributed by atoms with Crippen LogP contribution in [-0.2, 0) is 0 Å². The molecule has 0 saturated carbocycles. The minimum absolute atomic E-state index is 0.0782. The number of nitrogens with one attached hydrogen (secondary N) is 1. The number of anilines is 2. The van der Waals surface area contributed by atoms with Gasteiger partial charge < -0.3 is 15.1 Å². The van der Waals surface area contributed by atoms with E-state index in [9.17, 15) is 4.79 Å². The van der Waals surface area contributed by atoms with E-state index in [2.05, 4.69) is 20.4 Å². The maximum atomic E-state index is 12.7. The Morgan fingerprint density at radius 3 is 2.38 bits per heavy atom. The number of halogens is 1. The molecule has 2 aromatic rings. The van der Waals surface area contributed by atoms with E-state index in [-0.39, 0.29) is 11.4 Å². The summed E-state index contributed by atoms with van der Waals surface area (Å²) in [5.41, 5.74) is 1.36. The molecule has 0 unspecified atom stereocenters. The minimum atomic E-state index is -0.100. The highest BCUT2D eigenvalue weighted by atomic mass is 35.5. The molecule has 0 spiro atoms. The largest absolute Gasteiger partial charge is 0.368 e. The highest BCUT2D eigenvalue weighted by Crippen LogP contribution is 2.21. The summed E-state index contributed by atoms with van der Waals surface area (Å²) >= 11 is 6.06. The van der Waals surface area contributed by atoms with Gasteiger partial charge in [0.1, 0.15) is 5.82 Å². The van der Waals surface area contributed by atoms with Gasteiger partial charge in [-0.05, 0) is 51.1 Å². The van der Waals surface area contributed by atoms with Crippen molar-refractivity contribution in [1.82, 2.24) is 15.1 Å². The molecule has 1 saturated heterocycles. The number of carbonyl (C=O) groups is 1. The monoisotopic (exact) mass is 373 g/mol. The number of aromatic nitrogens is 2. The Morgan fingerprint density at radius 1 is 1.08 bits per heavy atom. The van der Waals surface area contributed by atoms with Crippen LogP contribution in [0.4, 0.5) is 11.5 Å². The fraction of sp³-hybridized carbons (Fsp3) is 0.421. The average molecular weight is 374 g/mol. The third-order valence-corrected chi connectivity index (χ3v) is 4.36. The van der Waals surface area contributed by atoms with E-state index in [0.717, 1.165) is 23.8 Å². The van der Waals surface area contributed by atoms with Gasteiger partial charge in [0.25, 0.3) is 5.91 Å². The number of hydrogen-bond donors (Lipinski definition) is 1. The average Bonchev–Trinajstić information content (AvgIpc) is 2.61. The Hall–Kier alpha value is -2.34. The molecular weight excluding hydrogens is 350 g/mol. The second-order valence-electron chi connectivity index (χ2n) is 7.44. The van der Waals surface area contributed by atoms with E-state index in [1.54, 1.807) is 12.1 Å². The van der Waals surface area contributed by atoms with Crippen molar-refractivity contribution in [2.24, 2.45) is 0 Å². The van der Waals surface area contributed by atoms with Crippen molar-refractivity contribution in [3.8, 4) is 0 Å². The second-order valence-corrected chi connectivity index (χ2v) is 7.87. The Bertz CT molecular complexity index is 764. The number of carbonyl (C=O) groups excluding carboxylic acids is 1. The van der Waals surface area contributed by atoms with E-state index < -0.39 is 0 Å². The number of piperazine rings is 1. The van der Waals surface area contributed by atoms with E-state index >= 15 is 0 Å². The van der Waals surface area contributed by atoms with Crippen LogP contribution in [0.2, 0.25) is 5.02 Å². The molecule has 2 heterocycles. The summed E-state index contributed by atoms with van der Waals surface area (Å²) in [7, 11) is 0. The molecule has 0 radical (unpaired) electrons. The van der Waals surface area contributed by atoms with Crippen LogP contribution >= 0.6 is 11.6 Å². The molecule has 0 bridgehead atoms. The van der Waals surface area contributed by atoms with Gasteiger partial charge in [-0.15, -0.1) is 10.2 Å². The van der Waals surface area contributed by atoms with Crippen molar-refractivity contribution >= 4 is 29.0 Å². The van der Waals surface area contributed by atoms with E-state index in [4.69, 9.17) is 11.6 Å². The molecule has 0 aliphatic carbocycles. The molecule has 1 aliphatic rings. The van der Waals surface area contributed by atoms with Gasteiger partial charge in [-0.25, -0.2) is 0 Å². The van der Waals surface area contributed by atoms with E-state index in [0.29, 0.717) is 24.6 Å². The molecule has 26 heavy (non-hydrogen) atoms. The van der Waals surface area contributed by atoms with Gasteiger partial charge in [-0.1, -0.05) is 17.7 Å². The molecular formula is C19H24ClN5O. The topological polar surface area (TPSA) is 61.4 Å². The zero-order chi connectivity index (χ0) is 18.7. The summed E-state index contributed by atoms with van der Waals surface area (Å²) in [4.78, 5) is 16.7. The summed E-state index contributed by atoms with van der Waals surface area (Å²) in [5, 5.41) is 12.2. The molecule has 1 aromatic heterocycles. The van der Waals surface area contributed by atoms with Gasteiger partial charge in [0.15, 0.2) is 5.69 Å². The Labute approximate surface area is 159 Å². The van der Waals surface area contributed by atoms with Gasteiger partial charge in [0.2, 0.25) is 0 Å². The lowest BCUT2D eigenvalue weighted by atomic mass is 10.1. The van der Waals surface area contributed by atoms with E-state index in [1.165, 1.54) is 0 Å². The first kappa shape index (κ1) is 18.5. The lowest BCUT2D eigenvalue weighted by molar-refractivity contribution is 0.0739. The van der Waals surface area contributed by atoms with Crippen molar-refractivity contribution in [3.63, 3.8) is 0 Å². The Balaban J connectivity index is 1.60. The van der Waals surface area contributed by atoms with Crippen LogP contribution in [0.15, 0.2) is 36.4 Å². The van der Waals surface area contributed by atoms with Gasteiger partial charge in [0.05, 0.1) is 0 Å². The van der Waals surface area contributed by atoms with Crippen LogP contribution in [0.3, 0.4) is 0 Å². The van der Waals surface area contributed by atoms with Crippen LogP contribution in [0.25, 0.3) is 0 Å². The van der Waals surface area contributed by atoms with Crippen LogP contribution in [0.5, 0.6) is 0 Å². The summed E-state index contributed by atoms with van der Waals surface area (Å²) < 4.78 is 0. The fourth-order valence-corrected chi connectivity index (χ4v) is 3.08. The highest BCUT2D eigenvalue weighted by molar-refractivity contribution is 6.30. The molecule has 6 nitrogen and oxygen atoms in total. The van der Waals surface area contributed by atoms with Crippen molar-refractivity contribution in [3.05, 3.63) is 47.1 Å². The number of hydrogen-bond acceptors (Lipinski definition) is 5. The first-order valence-electron chi connectivity index (χ1n) is 8.73. The Kier molecular flexibility index (Phi) is 5.32. The third kappa shape index (κ3) is 4.64. The first-order valence-corrected chi connectivity index (χ1v) is 9.11. The first-order chi connectivity index (χ1) is 12.3. The molecule has 1 fully saturated rings. The maximum absolute atomic E-state index is 12.7. The maximum Gasteiger partial charge on any atom is 0.274 e. The molecule has 3 rings (SSSR count). The molecule has 1 amide bonds. The van der Waals surface area contributed by atoms with Crippen LogP contribution in [-0.4, -0.2) is 52.7 Å². The van der Waals surface area contributed by atoms with Crippen LogP contribution in [0, 0.1) is 0 Å². The number of nitrogens with zero attached hydrogens (tertiary/aromatic N) is 4. The second kappa shape index (κ2) is 7.50. The lowest BCUT2D eigenvalue weighted by Crippen LogP contribution is -2.49. The zero-order valence-electron chi connectivity index (χ0n) is 15.4. The molecule has 1 N–H and O–H groups in total. The quantitative estimate of drug-likeness (QED) is 0.894.